The van der Waals surface area contributed by atoms with E-state index in [-0.39, 0.29) is 24.3 Å². The fraction of sp³-hybridized carbons (Fsp3) is 0.333. The van der Waals surface area contributed by atoms with E-state index in [9.17, 15) is 9.59 Å². The van der Waals surface area contributed by atoms with Gasteiger partial charge in [0.2, 0.25) is 11.8 Å². The van der Waals surface area contributed by atoms with E-state index in [1.54, 1.807) is 0 Å². The first-order chi connectivity index (χ1) is 13.0. The molecule has 4 N–H and O–H groups in total. The summed E-state index contributed by atoms with van der Waals surface area (Å²) in [5.74, 6) is 0.123. The van der Waals surface area contributed by atoms with Crippen LogP contribution >= 0.6 is 0 Å². The highest BCUT2D eigenvalue weighted by Gasteiger charge is 2.17. The van der Waals surface area contributed by atoms with Crippen LogP contribution in [0.15, 0.2) is 54.6 Å². The van der Waals surface area contributed by atoms with Crippen LogP contribution in [0, 0.1) is 5.92 Å². The van der Waals surface area contributed by atoms with Gasteiger partial charge in [-0.25, -0.2) is 0 Å². The van der Waals surface area contributed by atoms with Gasteiger partial charge >= 0.3 is 0 Å². The molecule has 0 heterocycles. The maximum absolute atomic E-state index is 12.0. The van der Waals surface area contributed by atoms with Crippen molar-refractivity contribution in [3.8, 4) is 5.75 Å². The molecule has 0 aliphatic rings. The zero-order valence-electron chi connectivity index (χ0n) is 15.8. The molecule has 0 spiro atoms. The smallest absolute Gasteiger partial charge is 0.239 e. The number of carbonyl (C=O) groups is 2. The Morgan fingerprint density at radius 1 is 1.00 bits per heavy atom. The summed E-state index contributed by atoms with van der Waals surface area (Å²) in [5.41, 5.74) is 7.69. The van der Waals surface area contributed by atoms with E-state index in [4.69, 9.17) is 10.5 Å². The zero-order chi connectivity index (χ0) is 19.6. The van der Waals surface area contributed by atoms with Gasteiger partial charge in [0.05, 0.1) is 12.6 Å². The molecule has 0 saturated carbocycles. The van der Waals surface area contributed by atoms with Crippen molar-refractivity contribution in [2.24, 2.45) is 11.7 Å². The average Bonchev–Trinajstić information content (AvgIpc) is 2.69. The van der Waals surface area contributed by atoms with Crippen molar-refractivity contribution in [1.29, 1.82) is 0 Å². The predicted octanol–water partition coefficient (Wildman–Crippen LogP) is 1.98. The number of ether oxygens (including phenoxy) is 1. The van der Waals surface area contributed by atoms with Gasteiger partial charge in [-0.2, -0.15) is 0 Å². The normalized spacial score (nSPS) is 11.7. The van der Waals surface area contributed by atoms with Gasteiger partial charge in [0.15, 0.2) is 0 Å². The monoisotopic (exact) mass is 369 g/mol. The molecule has 144 valence electrons. The van der Waals surface area contributed by atoms with Gasteiger partial charge in [-0.15, -0.1) is 0 Å². The molecule has 2 amide bonds. The molecule has 27 heavy (non-hydrogen) atoms. The van der Waals surface area contributed by atoms with Crippen LogP contribution in [-0.4, -0.2) is 24.4 Å². The van der Waals surface area contributed by atoms with E-state index in [2.05, 4.69) is 10.6 Å². The van der Waals surface area contributed by atoms with E-state index < -0.39 is 6.04 Å². The molecular formula is C21H27N3O3. The number of hydrogen-bond donors (Lipinski definition) is 3. The number of carbonyl (C=O) groups excluding carboxylic acids is 2. The number of para-hydroxylation sites is 1. The molecule has 2 aromatic rings. The Kier molecular flexibility index (Phi) is 7.82. The van der Waals surface area contributed by atoms with Crippen LogP contribution in [0.3, 0.4) is 0 Å². The number of nitrogens with two attached hydrogens (primary N) is 1. The number of nitrogens with one attached hydrogen (secondary N) is 2. The molecule has 0 saturated heterocycles. The molecule has 6 heteroatoms. The highest BCUT2D eigenvalue weighted by molar-refractivity contribution is 5.87. The Bertz CT molecular complexity index is 747. The molecule has 0 aliphatic heterocycles. The molecule has 0 aromatic heterocycles. The molecule has 0 aliphatic carbocycles. The van der Waals surface area contributed by atoms with Crippen molar-refractivity contribution < 1.29 is 14.3 Å². The second kappa shape index (κ2) is 10.3. The van der Waals surface area contributed by atoms with Crippen LogP contribution < -0.4 is 21.1 Å². The fourth-order valence-corrected chi connectivity index (χ4v) is 2.37. The highest BCUT2D eigenvalue weighted by atomic mass is 16.5. The third kappa shape index (κ3) is 6.75. The summed E-state index contributed by atoms with van der Waals surface area (Å²) in [4.78, 5) is 23.8. The first-order valence-corrected chi connectivity index (χ1v) is 9.02. The number of rotatable bonds is 9. The minimum absolute atomic E-state index is 0.0155. The lowest BCUT2D eigenvalue weighted by Crippen LogP contribution is -2.47. The number of hydrogen-bond acceptors (Lipinski definition) is 4. The summed E-state index contributed by atoms with van der Waals surface area (Å²) in [6.07, 6.45) is 0. The first kappa shape index (κ1) is 20.5. The maximum Gasteiger partial charge on any atom is 0.239 e. The van der Waals surface area contributed by atoms with Gasteiger partial charge in [-0.3, -0.25) is 9.59 Å². The topological polar surface area (TPSA) is 93.5 Å². The largest absolute Gasteiger partial charge is 0.489 e. The lowest BCUT2D eigenvalue weighted by Gasteiger charge is -2.15. The summed E-state index contributed by atoms with van der Waals surface area (Å²) in [7, 11) is 0. The minimum Gasteiger partial charge on any atom is -0.489 e. The van der Waals surface area contributed by atoms with Gasteiger partial charge in [0, 0.05) is 12.1 Å². The van der Waals surface area contributed by atoms with Crippen LogP contribution in [-0.2, 0) is 22.7 Å². The van der Waals surface area contributed by atoms with Crippen LogP contribution in [0.4, 0.5) is 0 Å². The highest BCUT2D eigenvalue weighted by Crippen LogP contribution is 2.19. The standard InChI is InChI=1S/C21H27N3O3/c1-15(2)20(22)21(26)24-13-19(25)23-12-17-10-6-7-11-18(17)27-14-16-8-4-3-5-9-16/h3-11,15,20H,12-14,22H2,1-2H3,(H,23,25)(H,24,26)/t20-/m0/s1. The summed E-state index contributed by atoms with van der Waals surface area (Å²) >= 11 is 0. The molecule has 0 radical (unpaired) electrons. The molecular weight excluding hydrogens is 342 g/mol. The maximum atomic E-state index is 12.0. The molecule has 0 fully saturated rings. The Hall–Kier alpha value is -2.86. The Morgan fingerprint density at radius 3 is 2.37 bits per heavy atom. The second-order valence-electron chi connectivity index (χ2n) is 6.65. The SMILES string of the molecule is CC(C)[C@H](N)C(=O)NCC(=O)NCc1ccccc1OCc1ccccc1. The Balaban J connectivity index is 1.83. The predicted molar refractivity (Wildman–Crippen MR) is 105 cm³/mol. The van der Waals surface area contributed by atoms with Gasteiger partial charge in [0.1, 0.15) is 12.4 Å². The van der Waals surface area contributed by atoms with E-state index in [1.165, 1.54) is 0 Å². The Labute approximate surface area is 160 Å². The van der Waals surface area contributed by atoms with Crippen LogP contribution in [0.5, 0.6) is 5.75 Å². The van der Waals surface area contributed by atoms with Gasteiger partial charge in [-0.05, 0) is 17.5 Å². The van der Waals surface area contributed by atoms with Crippen LogP contribution in [0.1, 0.15) is 25.0 Å². The summed E-state index contributed by atoms with van der Waals surface area (Å²) in [5, 5.41) is 5.34. The molecule has 2 rings (SSSR count). The lowest BCUT2D eigenvalue weighted by atomic mass is 10.1. The van der Waals surface area contributed by atoms with Gasteiger partial charge in [0.25, 0.3) is 0 Å². The van der Waals surface area contributed by atoms with Gasteiger partial charge < -0.3 is 21.1 Å². The third-order valence-corrected chi connectivity index (χ3v) is 4.13. The van der Waals surface area contributed by atoms with Crippen molar-refractivity contribution in [1.82, 2.24) is 10.6 Å². The van der Waals surface area contributed by atoms with E-state index in [0.717, 1.165) is 11.1 Å². The van der Waals surface area contributed by atoms with E-state index in [1.807, 2.05) is 68.4 Å². The molecule has 0 unspecified atom stereocenters. The van der Waals surface area contributed by atoms with Gasteiger partial charge in [-0.1, -0.05) is 62.4 Å². The summed E-state index contributed by atoms with van der Waals surface area (Å²) in [6, 6.07) is 16.8. The quantitative estimate of drug-likeness (QED) is 0.630. The third-order valence-electron chi connectivity index (χ3n) is 4.13. The molecule has 1 atom stereocenters. The van der Waals surface area contributed by atoms with Crippen molar-refractivity contribution in [2.45, 2.75) is 33.0 Å². The van der Waals surface area contributed by atoms with Crippen molar-refractivity contribution in [2.75, 3.05) is 6.54 Å². The van der Waals surface area contributed by atoms with Crippen molar-refractivity contribution >= 4 is 11.8 Å². The molecule has 0 bridgehead atoms. The Morgan fingerprint density at radius 2 is 1.67 bits per heavy atom. The first-order valence-electron chi connectivity index (χ1n) is 9.02. The molecule has 6 nitrogen and oxygen atoms in total. The number of benzene rings is 2. The lowest BCUT2D eigenvalue weighted by molar-refractivity contribution is -0.127. The fourth-order valence-electron chi connectivity index (χ4n) is 2.37. The van der Waals surface area contributed by atoms with E-state index in [0.29, 0.717) is 18.9 Å². The minimum atomic E-state index is -0.620. The van der Waals surface area contributed by atoms with Crippen molar-refractivity contribution in [3.05, 3.63) is 65.7 Å². The summed E-state index contributed by atoms with van der Waals surface area (Å²) in [6.45, 7) is 4.38. The molecule has 2 aromatic carbocycles. The van der Waals surface area contributed by atoms with Crippen LogP contribution in [0.2, 0.25) is 0 Å². The average molecular weight is 369 g/mol. The summed E-state index contributed by atoms with van der Waals surface area (Å²) < 4.78 is 5.87. The second-order valence-corrected chi connectivity index (χ2v) is 6.65. The number of amides is 2. The van der Waals surface area contributed by atoms with Crippen molar-refractivity contribution in [3.63, 3.8) is 0 Å². The van der Waals surface area contributed by atoms with Crippen LogP contribution in [0.25, 0.3) is 0 Å². The van der Waals surface area contributed by atoms with E-state index >= 15 is 0 Å². The zero-order valence-corrected chi connectivity index (χ0v) is 15.8.